The second-order valence-electron chi connectivity index (χ2n) is 11.5. The third-order valence-corrected chi connectivity index (χ3v) is 13.2. The largest absolute Gasteiger partial charge is 0.457 e. The van der Waals surface area contributed by atoms with Crippen molar-refractivity contribution in [1.82, 2.24) is 9.88 Å². The first-order valence-corrected chi connectivity index (χ1v) is 18.0. The Morgan fingerprint density at radius 2 is 1.34 bits per heavy atom. The Kier molecular flexibility index (Phi) is 10.3. The summed E-state index contributed by atoms with van der Waals surface area (Å²) in [5, 5.41) is 12.7. The highest BCUT2D eigenvalue weighted by molar-refractivity contribution is 7.96. The van der Waals surface area contributed by atoms with Gasteiger partial charge >= 0.3 is 11.9 Å². The molecule has 4 aromatic carbocycles. The van der Waals surface area contributed by atoms with E-state index in [1.807, 2.05) is 91.0 Å². The number of nitro benzene ring substituents is 1. The number of benzene rings is 4. The van der Waals surface area contributed by atoms with Crippen LogP contribution in [-0.4, -0.2) is 43.4 Å². The predicted molar refractivity (Wildman–Crippen MR) is 195 cm³/mol. The lowest BCUT2D eigenvalue weighted by Gasteiger charge is -2.49. The van der Waals surface area contributed by atoms with E-state index < -0.39 is 47.1 Å². The number of thiol groups is 1. The number of hydrogen-bond donors (Lipinski definition) is 1. The lowest BCUT2D eigenvalue weighted by Crippen LogP contribution is -2.65. The van der Waals surface area contributed by atoms with Gasteiger partial charge in [0, 0.05) is 38.3 Å². The van der Waals surface area contributed by atoms with E-state index in [4.69, 9.17) is 22.1 Å². The maximum Gasteiger partial charge on any atom is 0.356 e. The highest BCUT2D eigenvalue weighted by Gasteiger charge is 2.56. The van der Waals surface area contributed by atoms with Crippen molar-refractivity contribution in [1.29, 1.82) is 0 Å². The highest BCUT2D eigenvalue weighted by atomic mass is 32.1. The number of nitrogens with zero attached hydrogens (tertiary/aromatic N) is 3. The summed E-state index contributed by atoms with van der Waals surface area (Å²) >= 11 is 4.94. The summed E-state index contributed by atoms with van der Waals surface area (Å²) < 4.78 is 11.7. The molecule has 1 aromatic heterocycles. The number of β-lactam (4-membered cyclic amide) rings is 1. The standard InChI is InChI=1S/C38H32N3O7PS/c1-26(42)48-34(28-21-23-39-24-22-28)33-35(43)40(37(33)50)36(38(44)47-25-27-17-19-29(20-18-27)41(45)46)49(30-11-5-2-6-12-30,31-13-7-3-8-14-31)32-15-9-4-10-16-32/h2-24,33-34,37,50H,25H2,1H3. The van der Waals surface area contributed by atoms with E-state index in [1.54, 1.807) is 24.5 Å². The SMILES string of the molecule is CC(=O)OC(c1ccncc1)C1C(=O)N(C(C(=O)OCc2ccc([N+](=O)[O-])cc2)=P(c2ccccc2)(c2ccccc2)c2ccccc2)C1S. The normalized spacial score (nSPS) is 16.1. The molecule has 6 rings (SSSR count). The number of ether oxygens (including phenoxy) is 2. The summed E-state index contributed by atoms with van der Waals surface area (Å²) in [5.74, 6) is -2.74. The van der Waals surface area contributed by atoms with Gasteiger partial charge in [-0.2, -0.15) is 12.6 Å². The van der Waals surface area contributed by atoms with Crippen molar-refractivity contribution < 1.29 is 28.8 Å². The zero-order valence-corrected chi connectivity index (χ0v) is 28.6. The Morgan fingerprint density at radius 1 is 0.840 bits per heavy atom. The second kappa shape index (κ2) is 14.9. The minimum absolute atomic E-state index is 0.0961. The molecule has 1 saturated heterocycles. The molecule has 1 amide bonds. The van der Waals surface area contributed by atoms with Crippen molar-refractivity contribution in [3.05, 3.63) is 161 Å². The molecule has 0 aliphatic carbocycles. The van der Waals surface area contributed by atoms with E-state index in [-0.39, 0.29) is 17.7 Å². The first kappa shape index (κ1) is 34.4. The molecule has 0 radical (unpaired) electrons. The minimum Gasteiger partial charge on any atom is -0.457 e. The van der Waals surface area contributed by atoms with Crippen LogP contribution in [0, 0.1) is 16.0 Å². The van der Waals surface area contributed by atoms with Crippen LogP contribution in [-0.2, 0) is 30.5 Å². The van der Waals surface area contributed by atoms with Gasteiger partial charge in [0.2, 0.25) is 5.91 Å². The second-order valence-corrected chi connectivity index (χ2v) is 15.3. The van der Waals surface area contributed by atoms with E-state index in [0.717, 1.165) is 15.9 Å². The van der Waals surface area contributed by atoms with Gasteiger partial charge in [0.05, 0.1) is 10.3 Å². The van der Waals surface area contributed by atoms with Crippen molar-refractivity contribution in [2.24, 2.45) is 5.92 Å². The summed E-state index contributed by atoms with van der Waals surface area (Å²) in [4.78, 5) is 57.9. The van der Waals surface area contributed by atoms with Crippen LogP contribution in [0.3, 0.4) is 0 Å². The van der Waals surface area contributed by atoms with Crippen LogP contribution in [0.15, 0.2) is 140 Å². The van der Waals surface area contributed by atoms with Gasteiger partial charge in [0.1, 0.15) is 24.0 Å². The molecule has 50 heavy (non-hydrogen) atoms. The Bertz CT molecular complexity index is 1960. The molecule has 0 saturated carbocycles. The first-order valence-electron chi connectivity index (χ1n) is 15.7. The Morgan fingerprint density at radius 3 is 1.78 bits per heavy atom. The summed E-state index contributed by atoms with van der Waals surface area (Å²) in [7, 11) is 0. The zero-order chi connectivity index (χ0) is 35.3. The number of pyridine rings is 1. The Balaban J connectivity index is 1.58. The van der Waals surface area contributed by atoms with E-state index in [9.17, 15) is 24.5 Å². The van der Waals surface area contributed by atoms with Gasteiger partial charge in [-0.25, -0.2) is 4.79 Å². The van der Waals surface area contributed by atoms with Gasteiger partial charge in [-0.05, 0) is 51.3 Å². The molecule has 2 heterocycles. The maximum absolute atomic E-state index is 14.8. The fourth-order valence-electron chi connectivity index (χ4n) is 6.19. The van der Waals surface area contributed by atoms with Gasteiger partial charge < -0.3 is 9.47 Å². The monoisotopic (exact) mass is 705 g/mol. The van der Waals surface area contributed by atoms with Crippen LogP contribution in [0.1, 0.15) is 24.2 Å². The molecule has 1 aliphatic heterocycles. The quantitative estimate of drug-likeness (QED) is 0.0498. The van der Waals surface area contributed by atoms with Crippen LogP contribution in [0.25, 0.3) is 0 Å². The number of nitro groups is 1. The third kappa shape index (κ3) is 6.57. The molecule has 12 heteroatoms. The van der Waals surface area contributed by atoms with Gasteiger partial charge in [-0.1, -0.05) is 91.0 Å². The third-order valence-electron chi connectivity index (χ3n) is 8.44. The molecule has 252 valence electrons. The van der Waals surface area contributed by atoms with Crippen molar-refractivity contribution in [3.8, 4) is 0 Å². The molecule has 0 N–H and O–H groups in total. The van der Waals surface area contributed by atoms with Gasteiger partial charge in [-0.15, -0.1) is 0 Å². The fourth-order valence-corrected chi connectivity index (χ4v) is 11.2. The van der Waals surface area contributed by atoms with E-state index in [1.165, 1.54) is 36.1 Å². The molecule has 0 spiro atoms. The van der Waals surface area contributed by atoms with Crippen molar-refractivity contribution in [2.45, 2.75) is 25.0 Å². The van der Waals surface area contributed by atoms with Gasteiger partial charge in [0.25, 0.3) is 5.69 Å². The summed E-state index contributed by atoms with van der Waals surface area (Å²) in [5.41, 5.74) is 1.08. The topological polar surface area (TPSA) is 129 Å². The lowest BCUT2D eigenvalue weighted by atomic mass is 9.87. The molecular weight excluding hydrogens is 673 g/mol. The Labute approximate surface area is 294 Å². The van der Waals surface area contributed by atoms with Crippen molar-refractivity contribution in [3.63, 3.8) is 0 Å². The number of aromatic nitrogens is 1. The highest BCUT2D eigenvalue weighted by Crippen LogP contribution is 2.51. The molecular formula is C38H32N3O7PS. The molecule has 3 unspecified atom stereocenters. The average molecular weight is 706 g/mol. The predicted octanol–water partition coefficient (Wildman–Crippen LogP) is 5.18. The summed E-state index contributed by atoms with van der Waals surface area (Å²) in [6, 6.07) is 37.6. The van der Waals surface area contributed by atoms with Crippen LogP contribution in [0.4, 0.5) is 5.69 Å². The van der Waals surface area contributed by atoms with E-state index in [2.05, 4.69) is 4.98 Å². The van der Waals surface area contributed by atoms with Crippen LogP contribution < -0.4 is 15.9 Å². The number of esters is 2. The fraction of sp³-hybridized carbons (Fsp3) is 0.132. The molecule has 10 nitrogen and oxygen atoms in total. The van der Waals surface area contributed by atoms with Gasteiger partial charge in [-0.3, -0.25) is 29.6 Å². The van der Waals surface area contributed by atoms with E-state index in [0.29, 0.717) is 11.1 Å². The average Bonchev–Trinajstić information content (AvgIpc) is 3.15. The van der Waals surface area contributed by atoms with Crippen LogP contribution in [0.5, 0.6) is 0 Å². The minimum atomic E-state index is -3.22. The molecule has 5 aromatic rings. The summed E-state index contributed by atoms with van der Waals surface area (Å²) in [6.45, 7) is -2.17. The lowest BCUT2D eigenvalue weighted by molar-refractivity contribution is -0.384. The van der Waals surface area contributed by atoms with Crippen molar-refractivity contribution >= 4 is 64.4 Å². The molecule has 3 atom stereocenters. The Hall–Kier alpha value is -5.51. The summed E-state index contributed by atoms with van der Waals surface area (Å²) in [6.07, 6.45) is 2.10. The number of carbonyl (C=O) groups excluding carboxylic acids is 3. The molecule has 0 bridgehead atoms. The molecule has 1 aliphatic rings. The maximum atomic E-state index is 14.8. The van der Waals surface area contributed by atoms with Crippen LogP contribution in [0.2, 0.25) is 0 Å². The number of likely N-dealkylation sites (tertiary alicyclic amines) is 1. The van der Waals surface area contributed by atoms with E-state index >= 15 is 0 Å². The smallest absolute Gasteiger partial charge is 0.356 e. The number of amides is 1. The number of hydrogen-bond acceptors (Lipinski definition) is 9. The zero-order valence-electron chi connectivity index (χ0n) is 26.8. The van der Waals surface area contributed by atoms with Crippen molar-refractivity contribution in [2.75, 3.05) is 0 Å². The number of carbonyl (C=O) groups is 3. The number of rotatable bonds is 11. The molecule has 1 fully saturated rings. The van der Waals surface area contributed by atoms with Crippen LogP contribution >= 0.6 is 19.5 Å². The first-order chi connectivity index (χ1) is 24.2. The number of non-ortho nitro benzene ring substituents is 1. The van der Waals surface area contributed by atoms with Gasteiger partial charge in [0.15, 0.2) is 0 Å².